The molecule has 0 aromatic heterocycles. The molecule has 0 fully saturated rings. The largest absolute Gasteiger partial charge is 0.416 e. The summed E-state index contributed by atoms with van der Waals surface area (Å²) in [5.74, 6) is -1.11. The molecule has 0 aliphatic heterocycles. The summed E-state index contributed by atoms with van der Waals surface area (Å²) in [6.45, 7) is 3.15. The van der Waals surface area contributed by atoms with Gasteiger partial charge in [0.1, 0.15) is 0 Å². The maximum Gasteiger partial charge on any atom is 0.416 e. The second-order valence-electron chi connectivity index (χ2n) is 4.96. The Morgan fingerprint density at radius 3 is 2.38 bits per heavy atom. The molecule has 7 heteroatoms. The first-order valence-corrected chi connectivity index (χ1v) is 6.35. The molecule has 4 nitrogen and oxygen atoms in total. The number of amides is 2. The number of carbonyl (C=O) groups excluding carboxylic acids is 2. The molecule has 0 spiro atoms. The van der Waals surface area contributed by atoms with Gasteiger partial charge in [-0.05, 0) is 25.5 Å². The van der Waals surface area contributed by atoms with E-state index >= 15 is 0 Å². The molecule has 21 heavy (non-hydrogen) atoms. The fraction of sp³-hybridized carbons (Fsp3) is 0.429. The maximum absolute atomic E-state index is 12.6. The van der Waals surface area contributed by atoms with Gasteiger partial charge in [-0.25, -0.2) is 0 Å². The number of nitrogens with two attached hydrogens (primary N) is 1. The van der Waals surface area contributed by atoms with Crippen molar-refractivity contribution in [2.24, 2.45) is 5.73 Å². The molecule has 0 unspecified atom stereocenters. The number of hydrogen-bond acceptors (Lipinski definition) is 2. The molecule has 0 atom stereocenters. The van der Waals surface area contributed by atoms with Gasteiger partial charge in [0.2, 0.25) is 11.8 Å². The van der Waals surface area contributed by atoms with Crippen LogP contribution >= 0.6 is 0 Å². The average Bonchev–Trinajstić information content (AvgIpc) is 2.34. The van der Waals surface area contributed by atoms with E-state index in [1.807, 2.05) is 0 Å². The van der Waals surface area contributed by atoms with Crippen molar-refractivity contribution in [3.05, 3.63) is 35.4 Å². The summed E-state index contributed by atoms with van der Waals surface area (Å²) in [6.07, 6.45) is -4.67. The first-order chi connectivity index (χ1) is 9.61. The van der Waals surface area contributed by atoms with Crippen LogP contribution in [-0.4, -0.2) is 29.3 Å². The van der Waals surface area contributed by atoms with Gasteiger partial charge < -0.3 is 10.6 Å². The van der Waals surface area contributed by atoms with E-state index in [0.29, 0.717) is 0 Å². The van der Waals surface area contributed by atoms with E-state index in [9.17, 15) is 22.8 Å². The number of nitrogens with zero attached hydrogens (tertiary/aromatic N) is 1. The summed E-state index contributed by atoms with van der Waals surface area (Å²) in [7, 11) is 0. The van der Waals surface area contributed by atoms with Crippen LogP contribution in [0.5, 0.6) is 0 Å². The molecule has 1 aromatic rings. The molecule has 2 amide bonds. The first-order valence-electron chi connectivity index (χ1n) is 6.35. The molecule has 0 saturated carbocycles. The van der Waals surface area contributed by atoms with Crippen molar-refractivity contribution in [1.29, 1.82) is 0 Å². The predicted molar refractivity (Wildman–Crippen MR) is 71.2 cm³/mol. The predicted octanol–water partition coefficient (Wildman–Crippen LogP) is 1.97. The Morgan fingerprint density at radius 1 is 1.29 bits per heavy atom. The van der Waals surface area contributed by atoms with Gasteiger partial charge in [0, 0.05) is 6.04 Å². The minimum absolute atomic E-state index is 0.213. The molecule has 0 saturated heterocycles. The van der Waals surface area contributed by atoms with Crippen molar-refractivity contribution in [2.45, 2.75) is 32.5 Å². The molecule has 0 bridgehead atoms. The molecule has 1 rings (SSSR count). The Bertz CT molecular complexity index is 527. The number of halogens is 3. The number of rotatable bonds is 5. The van der Waals surface area contributed by atoms with Gasteiger partial charge in [-0.3, -0.25) is 9.59 Å². The number of hydrogen-bond donors (Lipinski definition) is 1. The lowest BCUT2D eigenvalue weighted by atomic mass is 10.1. The van der Waals surface area contributed by atoms with Gasteiger partial charge in [-0.1, -0.05) is 18.2 Å². The minimum Gasteiger partial charge on any atom is -0.368 e. The second kappa shape index (κ2) is 6.60. The van der Waals surface area contributed by atoms with Gasteiger partial charge in [-0.2, -0.15) is 13.2 Å². The monoisotopic (exact) mass is 302 g/mol. The lowest BCUT2D eigenvalue weighted by Gasteiger charge is -2.25. The van der Waals surface area contributed by atoms with Crippen LogP contribution in [-0.2, 0) is 22.2 Å². The van der Waals surface area contributed by atoms with E-state index in [-0.39, 0.29) is 24.6 Å². The maximum atomic E-state index is 12.6. The fourth-order valence-electron chi connectivity index (χ4n) is 1.86. The Morgan fingerprint density at radius 2 is 1.90 bits per heavy atom. The van der Waals surface area contributed by atoms with Crippen LogP contribution < -0.4 is 5.73 Å². The van der Waals surface area contributed by atoms with E-state index in [1.54, 1.807) is 13.8 Å². The quantitative estimate of drug-likeness (QED) is 0.904. The number of primary amides is 1. The minimum atomic E-state index is -4.45. The van der Waals surface area contributed by atoms with E-state index < -0.39 is 23.6 Å². The lowest BCUT2D eigenvalue weighted by molar-refractivity contribution is -0.138. The second-order valence-corrected chi connectivity index (χ2v) is 4.96. The Kier molecular flexibility index (Phi) is 5.34. The summed E-state index contributed by atoms with van der Waals surface area (Å²) in [5.41, 5.74) is 4.50. The van der Waals surface area contributed by atoms with Crippen LogP contribution in [0.3, 0.4) is 0 Å². The van der Waals surface area contributed by atoms with E-state index in [2.05, 4.69) is 0 Å². The van der Waals surface area contributed by atoms with Gasteiger partial charge >= 0.3 is 6.18 Å². The number of alkyl halides is 3. The normalized spacial score (nSPS) is 11.5. The van der Waals surface area contributed by atoms with Gasteiger partial charge in [0.15, 0.2) is 0 Å². The smallest absolute Gasteiger partial charge is 0.368 e. The highest BCUT2D eigenvalue weighted by molar-refractivity contribution is 5.85. The fourth-order valence-corrected chi connectivity index (χ4v) is 1.86. The average molecular weight is 302 g/mol. The van der Waals surface area contributed by atoms with Crippen LogP contribution in [0.15, 0.2) is 24.3 Å². The molecule has 0 aliphatic rings. The van der Waals surface area contributed by atoms with E-state index in [1.165, 1.54) is 17.0 Å². The van der Waals surface area contributed by atoms with Crippen molar-refractivity contribution in [3.8, 4) is 0 Å². The molecule has 0 radical (unpaired) electrons. The van der Waals surface area contributed by atoms with Crippen molar-refractivity contribution < 1.29 is 22.8 Å². The summed E-state index contributed by atoms with van der Waals surface area (Å²) >= 11 is 0. The Hall–Kier alpha value is -2.05. The van der Waals surface area contributed by atoms with Crippen LogP contribution in [0, 0.1) is 0 Å². The highest BCUT2D eigenvalue weighted by atomic mass is 19.4. The molecule has 1 aromatic carbocycles. The highest BCUT2D eigenvalue weighted by Crippen LogP contribution is 2.29. The molecule has 2 N–H and O–H groups in total. The lowest BCUT2D eigenvalue weighted by Crippen LogP contribution is -2.43. The van der Waals surface area contributed by atoms with Crippen molar-refractivity contribution >= 4 is 11.8 Å². The van der Waals surface area contributed by atoms with Crippen molar-refractivity contribution in [3.63, 3.8) is 0 Å². The standard InChI is InChI=1S/C14H17F3N2O2/c1-9(2)19(8-12(18)20)13(21)7-10-4-3-5-11(6-10)14(15,16)17/h3-6,9H,7-8H2,1-2H3,(H2,18,20). The summed E-state index contributed by atoms with van der Waals surface area (Å²) in [4.78, 5) is 24.3. The Labute approximate surface area is 120 Å². The van der Waals surface area contributed by atoms with Gasteiger partial charge in [-0.15, -0.1) is 0 Å². The highest BCUT2D eigenvalue weighted by Gasteiger charge is 2.30. The molecular weight excluding hydrogens is 285 g/mol. The van der Waals surface area contributed by atoms with Crippen molar-refractivity contribution in [1.82, 2.24) is 4.90 Å². The van der Waals surface area contributed by atoms with E-state index in [0.717, 1.165) is 12.1 Å². The van der Waals surface area contributed by atoms with E-state index in [4.69, 9.17) is 5.73 Å². The molecule has 0 heterocycles. The van der Waals surface area contributed by atoms with Crippen LogP contribution in [0.25, 0.3) is 0 Å². The number of carbonyl (C=O) groups is 2. The molecule has 116 valence electrons. The van der Waals surface area contributed by atoms with Gasteiger partial charge in [0.25, 0.3) is 0 Å². The topological polar surface area (TPSA) is 63.4 Å². The third-order valence-corrected chi connectivity index (χ3v) is 2.88. The van der Waals surface area contributed by atoms with Crippen LogP contribution in [0.2, 0.25) is 0 Å². The van der Waals surface area contributed by atoms with Crippen LogP contribution in [0.1, 0.15) is 25.0 Å². The third-order valence-electron chi connectivity index (χ3n) is 2.88. The van der Waals surface area contributed by atoms with Crippen molar-refractivity contribution in [2.75, 3.05) is 6.54 Å². The molecular formula is C14H17F3N2O2. The zero-order valence-electron chi connectivity index (χ0n) is 11.8. The zero-order chi connectivity index (χ0) is 16.2. The van der Waals surface area contributed by atoms with Gasteiger partial charge in [0.05, 0.1) is 18.5 Å². The Balaban J connectivity index is 2.89. The zero-order valence-corrected chi connectivity index (χ0v) is 11.8. The summed E-state index contributed by atoms with van der Waals surface area (Å²) in [5, 5.41) is 0. The number of benzene rings is 1. The molecule has 0 aliphatic carbocycles. The SMILES string of the molecule is CC(C)N(CC(N)=O)C(=O)Cc1cccc(C(F)(F)F)c1. The summed E-state index contributed by atoms with van der Waals surface area (Å²) < 4.78 is 37.8. The third kappa shape index (κ3) is 5.09. The van der Waals surface area contributed by atoms with Crippen LogP contribution in [0.4, 0.5) is 13.2 Å². The first kappa shape index (κ1) is 17.0. The summed E-state index contributed by atoms with van der Waals surface area (Å²) in [6, 6.07) is 4.30.